The molecule has 2 aromatic heterocycles. The van der Waals surface area contributed by atoms with Gasteiger partial charge < -0.3 is 5.11 Å². The summed E-state index contributed by atoms with van der Waals surface area (Å²) in [5.74, 6) is -6.59. The molecule has 2 heterocycles. The summed E-state index contributed by atoms with van der Waals surface area (Å²) in [6.45, 7) is 4.54. The third-order valence-electron chi connectivity index (χ3n) is 5.08. The molecule has 0 fully saturated rings. The molecule has 16 heteroatoms. The Bertz CT molecular complexity index is 1320. The number of rotatable bonds is 7. The molecule has 0 bridgehead atoms. The van der Waals surface area contributed by atoms with Crippen LogP contribution < -0.4 is 10.9 Å². The average molecular weight is 533 g/mol. The Morgan fingerprint density at radius 2 is 1.76 bits per heavy atom. The number of nitrogens with one attached hydrogen (secondary N) is 2. The monoisotopic (exact) mass is 533 g/mol. The quantitative estimate of drug-likeness (QED) is 0.240. The number of hydrogen-bond donors (Lipinski definition) is 3. The molecule has 1 aromatic carbocycles. The van der Waals surface area contributed by atoms with Gasteiger partial charge in [0.25, 0.3) is 5.82 Å². The van der Waals surface area contributed by atoms with Gasteiger partial charge >= 0.3 is 12.3 Å². The van der Waals surface area contributed by atoms with Gasteiger partial charge in [-0.05, 0) is 38.8 Å². The highest BCUT2D eigenvalue weighted by Crippen LogP contribution is 2.27. The Morgan fingerprint density at radius 3 is 2.35 bits per heavy atom. The lowest BCUT2D eigenvalue weighted by Crippen LogP contribution is -2.53. The molecule has 0 spiro atoms. The molecule has 2 amide bonds. The summed E-state index contributed by atoms with van der Waals surface area (Å²) in [5.41, 5.74) is 2.77. The summed E-state index contributed by atoms with van der Waals surface area (Å²) in [6.07, 6.45) is -6.28. The fourth-order valence-electron chi connectivity index (χ4n) is 3.63. The first-order chi connectivity index (χ1) is 17.1. The third kappa shape index (κ3) is 6.37. The van der Waals surface area contributed by atoms with Gasteiger partial charge in [0.2, 0.25) is 11.9 Å². The number of carbonyl (C=O) groups excluding carboxylic acids is 1. The van der Waals surface area contributed by atoms with E-state index in [1.54, 1.807) is 0 Å². The molecule has 3 rings (SSSR count). The van der Waals surface area contributed by atoms with E-state index in [4.69, 9.17) is 0 Å². The van der Waals surface area contributed by atoms with Gasteiger partial charge in [-0.1, -0.05) is 0 Å². The van der Waals surface area contributed by atoms with Crippen LogP contribution in [0.3, 0.4) is 0 Å². The van der Waals surface area contributed by atoms with Gasteiger partial charge in [0.15, 0.2) is 17.3 Å². The van der Waals surface area contributed by atoms with Gasteiger partial charge in [-0.25, -0.2) is 27.9 Å². The van der Waals surface area contributed by atoms with Crippen LogP contribution in [-0.4, -0.2) is 53.2 Å². The fraction of sp³-hybridized carbons (Fsp3) is 0.381. The molecule has 0 aliphatic rings. The lowest BCUT2D eigenvalue weighted by atomic mass is 9.95. The summed E-state index contributed by atoms with van der Waals surface area (Å²) < 4.78 is 80.9. The van der Waals surface area contributed by atoms with Crippen LogP contribution in [0.25, 0.3) is 5.65 Å². The number of nitrogens with zero attached hydrogens (tertiary/aromatic N) is 5. The largest absolute Gasteiger partial charge is 0.465 e. The van der Waals surface area contributed by atoms with Crippen LogP contribution in [0, 0.1) is 17.5 Å². The molecule has 0 unspecified atom stereocenters. The molecule has 0 aliphatic carbocycles. The van der Waals surface area contributed by atoms with Gasteiger partial charge in [0.05, 0.1) is 0 Å². The number of amides is 2. The van der Waals surface area contributed by atoms with Gasteiger partial charge in [0, 0.05) is 36.3 Å². The van der Waals surface area contributed by atoms with Crippen LogP contribution in [0.1, 0.15) is 38.6 Å². The Labute approximate surface area is 205 Å². The number of anilines is 1. The van der Waals surface area contributed by atoms with Crippen molar-refractivity contribution in [3.63, 3.8) is 0 Å². The maximum absolute atomic E-state index is 14.3. The third-order valence-corrected chi connectivity index (χ3v) is 5.08. The predicted molar refractivity (Wildman–Crippen MR) is 116 cm³/mol. The van der Waals surface area contributed by atoms with E-state index in [9.17, 15) is 41.0 Å². The zero-order valence-electron chi connectivity index (χ0n) is 19.6. The first kappa shape index (κ1) is 27.5. The van der Waals surface area contributed by atoms with Crippen molar-refractivity contribution in [1.82, 2.24) is 29.9 Å². The van der Waals surface area contributed by atoms with Gasteiger partial charge in [-0.3, -0.25) is 20.5 Å². The highest BCUT2D eigenvalue weighted by molar-refractivity contribution is 5.78. The molecule has 3 N–H and O–H groups in total. The summed E-state index contributed by atoms with van der Waals surface area (Å²) in [7, 11) is 0. The van der Waals surface area contributed by atoms with Crippen LogP contribution >= 0.6 is 0 Å². The van der Waals surface area contributed by atoms with Crippen molar-refractivity contribution in [2.75, 3.05) is 5.43 Å². The molecule has 0 saturated heterocycles. The van der Waals surface area contributed by atoms with Crippen LogP contribution in [0.5, 0.6) is 0 Å². The smallest absolute Gasteiger partial charge is 0.453 e. The van der Waals surface area contributed by atoms with E-state index in [1.165, 1.54) is 20.8 Å². The number of fused-ring (bicyclic) bond motifs is 1. The summed E-state index contributed by atoms with van der Waals surface area (Å²) in [6, 6.07) is 0.774. The van der Waals surface area contributed by atoms with E-state index in [2.05, 4.69) is 25.9 Å². The maximum Gasteiger partial charge on any atom is 0.453 e. The highest BCUT2D eigenvalue weighted by atomic mass is 19.4. The van der Waals surface area contributed by atoms with E-state index < -0.39 is 65.9 Å². The standard InChI is InChI=1S/C21H21F6N7O3/c1-20(2,3)33(19(36)37)11(6-10-7-13(23)14(24)9-12(10)22)8-16(35)30-31-18-28-5-4-15-29-17(21(25,26)27)32-34(15)18/h4-5,7,9,11H,6,8H2,1-3H3,(H,28,31)(H,30,35)(H,36,37)/t11-/m1/s1. The Kier molecular flexibility index (Phi) is 7.50. The summed E-state index contributed by atoms with van der Waals surface area (Å²) in [5, 5.41) is 13.1. The number of hydrazine groups is 1. The maximum atomic E-state index is 14.3. The summed E-state index contributed by atoms with van der Waals surface area (Å²) >= 11 is 0. The second-order valence-corrected chi connectivity index (χ2v) is 8.89. The number of halogens is 6. The van der Waals surface area contributed by atoms with Gasteiger partial charge in [-0.2, -0.15) is 17.7 Å². The number of alkyl halides is 3. The second-order valence-electron chi connectivity index (χ2n) is 8.89. The number of carboxylic acid groups (broad SMARTS) is 1. The molecule has 200 valence electrons. The zero-order chi connectivity index (χ0) is 27.7. The topological polar surface area (TPSA) is 125 Å². The minimum atomic E-state index is -4.83. The molecule has 37 heavy (non-hydrogen) atoms. The van der Waals surface area contributed by atoms with Crippen molar-refractivity contribution in [3.05, 3.63) is 53.2 Å². The highest BCUT2D eigenvalue weighted by Gasteiger charge is 2.37. The van der Waals surface area contributed by atoms with Crippen LogP contribution in [-0.2, 0) is 17.4 Å². The fourth-order valence-corrected chi connectivity index (χ4v) is 3.63. The number of aromatic nitrogens is 4. The van der Waals surface area contributed by atoms with Crippen molar-refractivity contribution in [1.29, 1.82) is 0 Å². The number of hydrogen-bond acceptors (Lipinski definition) is 6. The van der Waals surface area contributed by atoms with Crippen molar-refractivity contribution < 1.29 is 41.0 Å². The van der Waals surface area contributed by atoms with E-state index in [1.807, 2.05) is 0 Å². The molecule has 0 radical (unpaired) electrons. The second kappa shape index (κ2) is 10.1. The summed E-state index contributed by atoms with van der Waals surface area (Å²) in [4.78, 5) is 32.7. The minimum absolute atomic E-state index is 0.226. The van der Waals surface area contributed by atoms with Crippen molar-refractivity contribution in [2.45, 2.75) is 51.4 Å². The van der Waals surface area contributed by atoms with Gasteiger partial charge in [-0.15, -0.1) is 5.10 Å². The predicted octanol–water partition coefficient (Wildman–Crippen LogP) is 3.78. The Balaban J connectivity index is 1.84. The van der Waals surface area contributed by atoms with E-state index in [-0.39, 0.29) is 17.2 Å². The van der Waals surface area contributed by atoms with Crippen molar-refractivity contribution in [2.24, 2.45) is 0 Å². The zero-order valence-corrected chi connectivity index (χ0v) is 19.6. The van der Waals surface area contributed by atoms with Gasteiger partial charge in [0.1, 0.15) is 5.82 Å². The molecule has 10 nitrogen and oxygen atoms in total. The molecular formula is C21H21F6N7O3. The van der Waals surface area contributed by atoms with Crippen molar-refractivity contribution >= 4 is 23.6 Å². The molecule has 0 saturated carbocycles. The number of carbonyl (C=O) groups is 2. The van der Waals surface area contributed by atoms with Crippen LogP contribution in [0.15, 0.2) is 24.4 Å². The molecule has 3 aromatic rings. The average Bonchev–Trinajstić information content (AvgIpc) is 3.20. The van der Waals surface area contributed by atoms with Crippen LogP contribution in [0.4, 0.5) is 37.1 Å². The SMILES string of the molecule is CC(C)(C)N(C(=O)O)[C@@H](CC(=O)NNc1nccc2nc(C(F)(F)F)nn12)Cc1cc(F)c(F)cc1F. The number of benzene rings is 1. The van der Waals surface area contributed by atoms with E-state index in [0.29, 0.717) is 16.6 Å². The molecular weight excluding hydrogens is 512 g/mol. The molecule has 0 aliphatic heterocycles. The normalized spacial score (nSPS) is 12.9. The van der Waals surface area contributed by atoms with E-state index in [0.717, 1.165) is 17.2 Å². The van der Waals surface area contributed by atoms with E-state index >= 15 is 0 Å². The Morgan fingerprint density at radius 1 is 1.11 bits per heavy atom. The lowest BCUT2D eigenvalue weighted by molar-refractivity contribution is -0.144. The van der Waals surface area contributed by atoms with Crippen molar-refractivity contribution in [3.8, 4) is 0 Å². The van der Waals surface area contributed by atoms with Crippen LogP contribution in [0.2, 0.25) is 0 Å². The minimum Gasteiger partial charge on any atom is -0.465 e. The first-order valence-corrected chi connectivity index (χ1v) is 10.6. The Hall–Kier alpha value is -4.11. The molecule has 1 atom stereocenters. The lowest BCUT2D eigenvalue weighted by Gasteiger charge is -2.39. The first-order valence-electron chi connectivity index (χ1n) is 10.6.